The number of halogens is 3. The van der Waals surface area contributed by atoms with Crippen molar-refractivity contribution in [3.63, 3.8) is 0 Å². The van der Waals surface area contributed by atoms with E-state index in [0.29, 0.717) is 10.6 Å². The van der Waals surface area contributed by atoms with Crippen LogP contribution >= 0.6 is 34.8 Å². The average molecular weight is 305 g/mol. The molecule has 0 unspecified atom stereocenters. The summed E-state index contributed by atoms with van der Waals surface area (Å²) < 4.78 is 0. The molecular weight excluding hydrogens is 300 g/mol. The normalized spacial score (nSPS) is 10.4. The first kappa shape index (κ1) is 13.0. The summed E-state index contributed by atoms with van der Waals surface area (Å²) in [5.74, 6) is 0.201. The van der Waals surface area contributed by atoms with Crippen LogP contribution in [0.2, 0.25) is 15.3 Å². The van der Waals surface area contributed by atoms with E-state index in [0.717, 1.165) is 0 Å². The van der Waals surface area contributed by atoms with Crippen molar-refractivity contribution in [3.05, 3.63) is 49.7 Å². The zero-order valence-corrected chi connectivity index (χ0v) is 10.9. The molecule has 0 saturated heterocycles. The number of rotatable bonds is 2. The van der Waals surface area contributed by atoms with E-state index >= 15 is 0 Å². The molecule has 0 aliphatic rings. The molecule has 0 aliphatic heterocycles. The Kier molecular flexibility index (Phi) is 3.65. The molecule has 92 valence electrons. The fraction of sp³-hybridized carbons (Fsp3) is 0. The lowest BCUT2D eigenvalue weighted by Gasteiger charge is -2.02. The lowest BCUT2D eigenvalue weighted by molar-refractivity contribution is -0.385. The van der Waals surface area contributed by atoms with E-state index in [1.54, 1.807) is 24.3 Å². The SMILES string of the molecule is O=[N+]([O-])c1c(Cl)nc(-c2ccc(Cl)cc2)nc1Cl. The van der Waals surface area contributed by atoms with E-state index in [2.05, 4.69) is 9.97 Å². The van der Waals surface area contributed by atoms with Gasteiger partial charge in [-0.05, 0) is 24.3 Å². The standard InChI is InChI=1S/C10H4Cl3N3O2/c11-6-3-1-5(2-4-6)10-14-8(12)7(16(17)18)9(13)15-10/h1-4H. The molecule has 0 radical (unpaired) electrons. The predicted octanol–water partition coefficient (Wildman–Crippen LogP) is 4.01. The average Bonchev–Trinajstić information content (AvgIpc) is 2.28. The summed E-state index contributed by atoms with van der Waals surface area (Å²) in [6, 6.07) is 6.61. The van der Waals surface area contributed by atoms with Crippen LogP contribution in [-0.2, 0) is 0 Å². The number of hydrogen-bond acceptors (Lipinski definition) is 4. The first-order valence-corrected chi connectivity index (χ1v) is 5.76. The highest BCUT2D eigenvalue weighted by atomic mass is 35.5. The maximum absolute atomic E-state index is 10.7. The molecule has 0 aliphatic carbocycles. The van der Waals surface area contributed by atoms with Gasteiger partial charge in [0.15, 0.2) is 5.82 Å². The fourth-order valence-corrected chi connectivity index (χ4v) is 1.93. The van der Waals surface area contributed by atoms with Crippen LogP contribution in [0.1, 0.15) is 0 Å². The second kappa shape index (κ2) is 5.06. The molecule has 1 aromatic carbocycles. The van der Waals surface area contributed by atoms with Crippen LogP contribution in [0.3, 0.4) is 0 Å². The lowest BCUT2D eigenvalue weighted by Crippen LogP contribution is -1.98. The maximum Gasteiger partial charge on any atom is 0.343 e. The summed E-state index contributed by atoms with van der Waals surface area (Å²) in [7, 11) is 0. The van der Waals surface area contributed by atoms with Crippen LogP contribution < -0.4 is 0 Å². The third-order valence-electron chi connectivity index (χ3n) is 2.08. The zero-order chi connectivity index (χ0) is 13.3. The molecule has 2 rings (SSSR count). The van der Waals surface area contributed by atoms with Gasteiger partial charge in [0.2, 0.25) is 10.3 Å². The maximum atomic E-state index is 10.7. The van der Waals surface area contributed by atoms with Crippen molar-refractivity contribution in [1.29, 1.82) is 0 Å². The van der Waals surface area contributed by atoms with Gasteiger partial charge in [-0.3, -0.25) is 10.1 Å². The molecule has 2 aromatic rings. The van der Waals surface area contributed by atoms with Crippen LogP contribution in [-0.4, -0.2) is 14.9 Å². The van der Waals surface area contributed by atoms with E-state index in [9.17, 15) is 10.1 Å². The van der Waals surface area contributed by atoms with E-state index in [4.69, 9.17) is 34.8 Å². The third-order valence-corrected chi connectivity index (χ3v) is 2.86. The molecule has 0 spiro atoms. The Balaban J connectivity index is 2.54. The Hall–Kier alpha value is -1.43. The van der Waals surface area contributed by atoms with Gasteiger partial charge in [0, 0.05) is 10.6 Å². The Morgan fingerprint density at radius 1 is 1.00 bits per heavy atom. The topological polar surface area (TPSA) is 68.9 Å². The Morgan fingerprint density at radius 2 is 1.50 bits per heavy atom. The molecule has 1 aromatic heterocycles. The molecule has 8 heteroatoms. The van der Waals surface area contributed by atoms with Gasteiger partial charge in [-0.25, -0.2) is 9.97 Å². The van der Waals surface area contributed by atoms with Crippen molar-refractivity contribution < 1.29 is 4.92 Å². The summed E-state index contributed by atoms with van der Waals surface area (Å²) in [6.07, 6.45) is 0. The molecule has 18 heavy (non-hydrogen) atoms. The van der Waals surface area contributed by atoms with Crippen molar-refractivity contribution in [2.24, 2.45) is 0 Å². The quantitative estimate of drug-likeness (QED) is 0.477. The molecular formula is C10H4Cl3N3O2. The highest BCUT2D eigenvalue weighted by Gasteiger charge is 2.22. The molecule has 0 amide bonds. The van der Waals surface area contributed by atoms with E-state index in [1.807, 2.05) is 0 Å². The Labute approximate surface area is 116 Å². The smallest absolute Gasteiger partial charge is 0.258 e. The highest BCUT2D eigenvalue weighted by molar-refractivity contribution is 6.36. The summed E-state index contributed by atoms with van der Waals surface area (Å²) in [5, 5.41) is 10.6. The molecule has 0 fully saturated rings. The van der Waals surface area contributed by atoms with E-state index < -0.39 is 10.6 Å². The van der Waals surface area contributed by atoms with Gasteiger partial charge in [-0.1, -0.05) is 34.8 Å². The van der Waals surface area contributed by atoms with Crippen molar-refractivity contribution in [3.8, 4) is 11.4 Å². The third kappa shape index (κ3) is 2.53. The zero-order valence-electron chi connectivity index (χ0n) is 8.60. The van der Waals surface area contributed by atoms with Crippen molar-refractivity contribution in [1.82, 2.24) is 9.97 Å². The minimum Gasteiger partial charge on any atom is -0.258 e. The van der Waals surface area contributed by atoms with Crippen LogP contribution in [0.25, 0.3) is 11.4 Å². The number of nitro groups is 1. The van der Waals surface area contributed by atoms with Gasteiger partial charge in [-0.15, -0.1) is 0 Å². The van der Waals surface area contributed by atoms with Crippen molar-refractivity contribution >= 4 is 40.5 Å². The second-order valence-electron chi connectivity index (χ2n) is 3.24. The lowest BCUT2D eigenvalue weighted by atomic mass is 10.2. The van der Waals surface area contributed by atoms with Gasteiger partial charge >= 0.3 is 5.69 Å². The largest absolute Gasteiger partial charge is 0.343 e. The number of nitrogens with zero attached hydrogens (tertiary/aromatic N) is 3. The summed E-state index contributed by atoms with van der Waals surface area (Å²) in [6.45, 7) is 0. The van der Waals surface area contributed by atoms with Crippen LogP contribution in [0.4, 0.5) is 5.69 Å². The van der Waals surface area contributed by atoms with Gasteiger partial charge in [-0.2, -0.15) is 0 Å². The minimum absolute atomic E-state index is 0.201. The first-order chi connectivity index (χ1) is 8.49. The van der Waals surface area contributed by atoms with Crippen molar-refractivity contribution in [2.75, 3.05) is 0 Å². The summed E-state index contributed by atoms with van der Waals surface area (Å²) in [5.41, 5.74) is 0.106. The minimum atomic E-state index is -0.726. The molecule has 5 nitrogen and oxygen atoms in total. The Bertz CT molecular complexity index is 593. The van der Waals surface area contributed by atoms with Crippen LogP contribution in [0, 0.1) is 10.1 Å². The first-order valence-electron chi connectivity index (χ1n) is 4.62. The highest BCUT2D eigenvalue weighted by Crippen LogP contribution is 2.31. The van der Waals surface area contributed by atoms with E-state index in [-0.39, 0.29) is 16.1 Å². The van der Waals surface area contributed by atoms with Gasteiger partial charge < -0.3 is 0 Å². The molecule has 0 N–H and O–H groups in total. The fourth-order valence-electron chi connectivity index (χ4n) is 1.28. The van der Waals surface area contributed by atoms with Crippen LogP contribution in [0.5, 0.6) is 0 Å². The number of aromatic nitrogens is 2. The van der Waals surface area contributed by atoms with E-state index in [1.165, 1.54) is 0 Å². The molecule has 1 heterocycles. The molecule has 0 saturated carbocycles. The van der Waals surface area contributed by atoms with Gasteiger partial charge in [0.05, 0.1) is 4.92 Å². The number of benzene rings is 1. The Morgan fingerprint density at radius 3 is 1.94 bits per heavy atom. The van der Waals surface area contributed by atoms with Gasteiger partial charge in [0.25, 0.3) is 0 Å². The second-order valence-corrected chi connectivity index (χ2v) is 4.39. The van der Waals surface area contributed by atoms with Crippen molar-refractivity contribution in [2.45, 2.75) is 0 Å². The molecule has 0 atom stereocenters. The van der Waals surface area contributed by atoms with Crippen LogP contribution in [0.15, 0.2) is 24.3 Å². The summed E-state index contributed by atoms with van der Waals surface area (Å²) in [4.78, 5) is 17.6. The number of hydrogen-bond donors (Lipinski definition) is 0. The van der Waals surface area contributed by atoms with Gasteiger partial charge in [0.1, 0.15) is 0 Å². The monoisotopic (exact) mass is 303 g/mol. The summed E-state index contributed by atoms with van der Waals surface area (Å²) >= 11 is 17.2. The molecule has 0 bridgehead atoms. The predicted molar refractivity (Wildman–Crippen MR) is 69.2 cm³/mol.